The van der Waals surface area contributed by atoms with Crippen molar-refractivity contribution >= 4 is 25.7 Å². The highest BCUT2D eigenvalue weighted by Gasteiger charge is 2.42. The molecule has 0 heterocycles. The van der Waals surface area contributed by atoms with Crippen molar-refractivity contribution in [2.75, 3.05) is 0 Å². The van der Waals surface area contributed by atoms with Gasteiger partial charge in [-0.25, -0.2) is 4.79 Å². The molecule has 0 saturated heterocycles. The third-order valence-corrected chi connectivity index (χ3v) is 8.82. The Hall–Kier alpha value is -2.77. The molecule has 9 heteroatoms. The summed E-state index contributed by atoms with van der Waals surface area (Å²) in [5.41, 5.74) is 9.50. The molecule has 1 aromatic rings. The van der Waals surface area contributed by atoms with Crippen molar-refractivity contribution in [1.82, 2.24) is 0 Å². The van der Waals surface area contributed by atoms with Crippen molar-refractivity contribution in [1.29, 1.82) is 0 Å². The van der Waals surface area contributed by atoms with E-state index in [2.05, 4.69) is 25.6 Å². The number of carbonyl (C=O) groups is 1. The largest absolute Gasteiger partial charge is 0.538 e. The van der Waals surface area contributed by atoms with Gasteiger partial charge in [0.15, 0.2) is 5.76 Å². The average Bonchev–Trinajstić information content (AvgIpc) is 2.58. The summed E-state index contributed by atoms with van der Waals surface area (Å²) in [4.78, 5) is 25.5. The summed E-state index contributed by atoms with van der Waals surface area (Å²) in [6.07, 6.45) is 1.56. The average molecular weight is 392 g/mol. The SMILES string of the molecule is CC=C(O[Si](C)(C)C(C)(C)C)C(=[N+]=[N-])C(=O)OCc1ccc([N+](=O)[O-])cc1. The second-order valence-electron chi connectivity index (χ2n) is 7.46. The summed E-state index contributed by atoms with van der Waals surface area (Å²) in [7, 11) is -2.25. The van der Waals surface area contributed by atoms with Gasteiger partial charge in [0, 0.05) is 12.1 Å². The normalized spacial score (nSPS) is 12.1. The van der Waals surface area contributed by atoms with E-state index in [1.54, 1.807) is 13.0 Å². The molecule has 0 aromatic heterocycles. The maximum Gasteiger partial charge on any atom is 0.438 e. The minimum Gasteiger partial charge on any atom is -0.538 e. The van der Waals surface area contributed by atoms with Gasteiger partial charge in [-0.15, -0.1) is 0 Å². The Bertz CT molecular complexity index is 788. The van der Waals surface area contributed by atoms with Crippen molar-refractivity contribution in [2.24, 2.45) is 0 Å². The predicted octanol–water partition coefficient (Wildman–Crippen LogP) is 4.23. The monoisotopic (exact) mass is 391 g/mol. The number of nitrogens with zero attached hydrogens (tertiary/aromatic N) is 3. The quantitative estimate of drug-likeness (QED) is 0.101. The first-order chi connectivity index (χ1) is 12.4. The molecule has 27 heavy (non-hydrogen) atoms. The van der Waals surface area contributed by atoms with E-state index in [1.807, 2.05) is 13.1 Å². The molecule has 0 saturated carbocycles. The van der Waals surface area contributed by atoms with Gasteiger partial charge in [-0.05, 0) is 48.8 Å². The molecule has 0 unspecified atom stereocenters. The summed E-state index contributed by atoms with van der Waals surface area (Å²) in [5, 5.41) is 10.6. The molecule has 0 radical (unpaired) electrons. The maximum atomic E-state index is 12.3. The third kappa shape index (κ3) is 5.87. The van der Waals surface area contributed by atoms with E-state index in [9.17, 15) is 20.4 Å². The zero-order valence-corrected chi connectivity index (χ0v) is 17.5. The number of rotatable bonds is 7. The van der Waals surface area contributed by atoms with Crippen LogP contribution in [0.5, 0.6) is 0 Å². The smallest absolute Gasteiger partial charge is 0.438 e. The summed E-state index contributed by atoms with van der Waals surface area (Å²) in [5.74, 6) is -0.680. The molecule has 0 spiro atoms. The summed E-state index contributed by atoms with van der Waals surface area (Å²) in [6, 6.07) is 5.62. The van der Waals surface area contributed by atoms with Gasteiger partial charge in [0.1, 0.15) is 6.61 Å². The fourth-order valence-corrected chi connectivity index (χ4v) is 2.86. The number of hydrogen-bond acceptors (Lipinski definition) is 5. The molecule has 0 aliphatic rings. The molecule has 1 rings (SSSR count). The Morgan fingerprint density at radius 1 is 1.30 bits per heavy atom. The van der Waals surface area contributed by atoms with Gasteiger partial charge in [-0.1, -0.05) is 20.8 Å². The molecule has 0 aliphatic heterocycles. The molecule has 0 N–H and O–H groups in total. The number of carbonyl (C=O) groups excluding carboxylic acids is 1. The summed E-state index contributed by atoms with van der Waals surface area (Å²) in [6.45, 7) is 11.7. The van der Waals surface area contributed by atoms with Crippen molar-refractivity contribution in [3.05, 3.63) is 57.3 Å². The van der Waals surface area contributed by atoms with Crippen LogP contribution in [0, 0.1) is 10.1 Å². The number of non-ortho nitro benzene ring substituents is 1. The minimum atomic E-state index is -2.25. The molecular formula is C18H25N3O5Si. The third-order valence-electron chi connectivity index (χ3n) is 4.48. The van der Waals surface area contributed by atoms with Gasteiger partial charge < -0.3 is 14.7 Å². The first kappa shape index (κ1) is 22.3. The van der Waals surface area contributed by atoms with Crippen LogP contribution in [0.2, 0.25) is 18.1 Å². The van der Waals surface area contributed by atoms with E-state index >= 15 is 0 Å². The number of benzene rings is 1. The van der Waals surface area contributed by atoms with Crippen LogP contribution in [0.15, 0.2) is 36.1 Å². The van der Waals surface area contributed by atoms with E-state index in [0.717, 1.165) is 0 Å². The van der Waals surface area contributed by atoms with E-state index in [1.165, 1.54) is 24.3 Å². The fourth-order valence-electron chi connectivity index (χ4n) is 1.79. The van der Waals surface area contributed by atoms with Gasteiger partial charge in [0.25, 0.3) is 14.0 Å². The Kier molecular flexibility index (Phi) is 7.21. The summed E-state index contributed by atoms with van der Waals surface area (Å²) >= 11 is 0. The van der Waals surface area contributed by atoms with Crippen LogP contribution >= 0.6 is 0 Å². The molecule has 146 valence electrons. The molecule has 0 fully saturated rings. The molecule has 0 bridgehead atoms. The summed E-state index contributed by atoms with van der Waals surface area (Å²) < 4.78 is 11.2. The minimum absolute atomic E-state index is 0.0540. The van der Waals surface area contributed by atoms with Crippen LogP contribution in [0.1, 0.15) is 33.3 Å². The van der Waals surface area contributed by atoms with Crippen molar-refractivity contribution < 1.29 is 23.7 Å². The molecular weight excluding hydrogens is 366 g/mol. The van der Waals surface area contributed by atoms with Crippen LogP contribution < -0.4 is 0 Å². The van der Waals surface area contributed by atoms with Crippen LogP contribution in [0.3, 0.4) is 0 Å². The topological polar surface area (TPSA) is 115 Å². The molecule has 0 atom stereocenters. The Morgan fingerprint density at radius 2 is 1.85 bits per heavy atom. The van der Waals surface area contributed by atoms with E-state index in [-0.39, 0.29) is 28.8 Å². The van der Waals surface area contributed by atoms with Gasteiger partial charge >= 0.3 is 11.7 Å². The predicted molar refractivity (Wildman–Crippen MR) is 104 cm³/mol. The molecule has 8 nitrogen and oxygen atoms in total. The number of ether oxygens (including phenoxy) is 1. The Balaban J connectivity index is 2.87. The van der Waals surface area contributed by atoms with Crippen molar-refractivity contribution in [2.45, 2.75) is 52.4 Å². The zero-order valence-electron chi connectivity index (χ0n) is 16.5. The lowest BCUT2D eigenvalue weighted by molar-refractivity contribution is -0.384. The number of nitro benzene ring substituents is 1. The number of esters is 1. The lowest BCUT2D eigenvalue weighted by Crippen LogP contribution is -2.42. The maximum absolute atomic E-state index is 12.3. The highest BCUT2D eigenvalue weighted by molar-refractivity contribution is 6.74. The molecule has 0 amide bonds. The van der Waals surface area contributed by atoms with Gasteiger partial charge in [0.05, 0.1) is 4.92 Å². The first-order valence-electron chi connectivity index (χ1n) is 8.41. The van der Waals surface area contributed by atoms with Crippen LogP contribution in [0.25, 0.3) is 5.53 Å². The molecule has 0 aliphatic carbocycles. The van der Waals surface area contributed by atoms with Crippen LogP contribution in [-0.4, -0.2) is 29.7 Å². The lowest BCUT2D eigenvalue weighted by atomic mass is 10.2. The van der Waals surface area contributed by atoms with E-state index < -0.39 is 19.2 Å². The first-order valence-corrected chi connectivity index (χ1v) is 11.3. The van der Waals surface area contributed by atoms with Crippen molar-refractivity contribution in [3.8, 4) is 0 Å². The van der Waals surface area contributed by atoms with Crippen LogP contribution in [-0.2, 0) is 20.6 Å². The van der Waals surface area contributed by atoms with E-state index in [4.69, 9.17) is 9.16 Å². The lowest BCUT2D eigenvalue weighted by Gasteiger charge is -2.36. The molecule has 1 aromatic carbocycles. The van der Waals surface area contributed by atoms with E-state index in [0.29, 0.717) is 5.56 Å². The number of nitro groups is 1. The second kappa shape index (κ2) is 8.74. The number of allylic oxidation sites excluding steroid dienone is 1. The highest BCUT2D eigenvalue weighted by atomic mass is 28.4. The van der Waals surface area contributed by atoms with Crippen molar-refractivity contribution in [3.63, 3.8) is 0 Å². The highest BCUT2D eigenvalue weighted by Crippen LogP contribution is 2.38. The Morgan fingerprint density at radius 3 is 2.26 bits per heavy atom. The second-order valence-corrected chi connectivity index (χ2v) is 12.2. The van der Waals surface area contributed by atoms with Gasteiger partial charge in [-0.3, -0.25) is 10.1 Å². The van der Waals surface area contributed by atoms with Gasteiger partial charge in [-0.2, -0.15) is 4.79 Å². The van der Waals surface area contributed by atoms with Gasteiger partial charge in [0.2, 0.25) is 0 Å². The standard InChI is InChI=1S/C18H25N3O5Si/c1-7-15(26-27(5,6)18(2,3)4)16(20-19)17(22)25-12-13-8-10-14(11-9-13)21(23)24/h7-11H,12H2,1-6H3. The number of hydrogen-bond donors (Lipinski definition) is 0. The fraction of sp³-hybridized carbons (Fsp3) is 0.444. The van der Waals surface area contributed by atoms with Crippen LogP contribution in [0.4, 0.5) is 5.69 Å². The zero-order chi connectivity index (χ0) is 20.8. The Labute approximate surface area is 159 Å².